The van der Waals surface area contributed by atoms with Crippen LogP contribution < -0.4 is 0 Å². The molecule has 4 aromatic heterocycles. The van der Waals surface area contributed by atoms with E-state index in [9.17, 15) is 19.8 Å². The Morgan fingerprint density at radius 2 is 1.19 bits per heavy atom. The number of aliphatic hydroxyl groups is 2. The van der Waals surface area contributed by atoms with Crippen LogP contribution in [0.25, 0.3) is 22.8 Å². The molecule has 4 aliphatic rings. The number of aromatic nitrogens is 6. The fraction of sp³-hybridized carbons (Fsp3) is 0.364. The standard InChI is InChI=1S/C20H18Cl2N4O4.C20H16Cl2N4O2.4CH4/c21-14-2-1-11(5-15(14)22)19(28)25-4-3-16-13(7-25)18-17-12(8-30-24-17)6-20(29,10-27)9-26(18)23-16;1-11-6-13-10-28-24-18(13)19-14-9-25(5-4-17(14)23-26(19)8-11)20(27)12-2-3-15(21)16(22)7-12;;;;/h1-2,5,8,27,29H,3-4,6-7,9-10H2;2-3,7,10H,1,4-6,8-9H2;4*1H4. The van der Waals surface area contributed by atoms with Crippen LogP contribution in [-0.2, 0) is 51.9 Å². The summed E-state index contributed by atoms with van der Waals surface area (Å²) < 4.78 is 14.0. The average molecular weight is 929 g/mol. The molecule has 0 aliphatic carbocycles. The van der Waals surface area contributed by atoms with Crippen LogP contribution in [0.4, 0.5) is 0 Å². The van der Waals surface area contributed by atoms with Gasteiger partial charge in [0, 0.05) is 72.2 Å². The maximum atomic E-state index is 13.1. The number of halogens is 4. The second-order valence-corrected chi connectivity index (χ2v) is 16.6. The highest BCUT2D eigenvalue weighted by atomic mass is 35.5. The van der Waals surface area contributed by atoms with Gasteiger partial charge in [0.25, 0.3) is 11.8 Å². The van der Waals surface area contributed by atoms with Crippen molar-refractivity contribution in [1.29, 1.82) is 0 Å². The Morgan fingerprint density at radius 3 is 1.71 bits per heavy atom. The molecule has 62 heavy (non-hydrogen) atoms. The SMILES string of the molecule is C.C.C.C.C=C1Cc2conc2-c2c3c(nn2C1)CCN(C(=O)c1ccc(Cl)c(Cl)c1)C3.O=C(c1ccc(Cl)c(Cl)c1)N1CCc2nn3c(c2C1)-c1nocc1CC(O)(CO)C3. The summed E-state index contributed by atoms with van der Waals surface area (Å²) in [5.74, 6) is -0.234. The lowest BCUT2D eigenvalue weighted by atomic mass is 9.96. The highest BCUT2D eigenvalue weighted by Crippen LogP contribution is 2.38. The number of hydrogen-bond donors (Lipinski definition) is 2. The van der Waals surface area contributed by atoms with Crippen LogP contribution in [-0.4, -0.2) is 87.0 Å². The third-order valence-electron chi connectivity index (χ3n) is 10.9. The molecule has 330 valence electrons. The summed E-state index contributed by atoms with van der Waals surface area (Å²) in [6.07, 6.45) is 5.30. The lowest BCUT2D eigenvalue weighted by Crippen LogP contribution is -2.40. The molecule has 18 heteroatoms. The van der Waals surface area contributed by atoms with Gasteiger partial charge in [0.1, 0.15) is 29.5 Å². The van der Waals surface area contributed by atoms with E-state index in [4.69, 9.17) is 60.5 Å². The quantitative estimate of drug-likeness (QED) is 0.163. The first kappa shape index (κ1) is 48.1. The van der Waals surface area contributed by atoms with Crippen molar-refractivity contribution < 1.29 is 28.8 Å². The normalized spacial score (nSPS) is 16.9. The van der Waals surface area contributed by atoms with Gasteiger partial charge in [0.05, 0.1) is 75.7 Å². The number of carbonyl (C=O) groups is 2. The molecule has 0 spiro atoms. The lowest BCUT2D eigenvalue weighted by Gasteiger charge is -2.27. The maximum Gasteiger partial charge on any atom is 0.254 e. The minimum atomic E-state index is -1.37. The largest absolute Gasteiger partial charge is 0.393 e. The van der Waals surface area contributed by atoms with Crippen molar-refractivity contribution in [3.8, 4) is 22.8 Å². The molecule has 0 fully saturated rings. The molecule has 0 radical (unpaired) electrons. The number of fused-ring (bicyclic) bond motifs is 10. The number of amides is 2. The predicted molar refractivity (Wildman–Crippen MR) is 241 cm³/mol. The Labute approximate surface area is 380 Å². The van der Waals surface area contributed by atoms with Crippen molar-refractivity contribution in [2.75, 3.05) is 19.7 Å². The Morgan fingerprint density at radius 1 is 0.710 bits per heavy atom. The summed E-state index contributed by atoms with van der Waals surface area (Å²) >= 11 is 24.1. The molecule has 8 heterocycles. The van der Waals surface area contributed by atoms with Gasteiger partial charge in [0.2, 0.25) is 0 Å². The van der Waals surface area contributed by atoms with Crippen LogP contribution in [0.5, 0.6) is 0 Å². The molecule has 0 saturated carbocycles. The highest BCUT2D eigenvalue weighted by Gasteiger charge is 2.39. The molecule has 14 nitrogen and oxygen atoms in total. The number of aliphatic hydroxyl groups excluding tert-OH is 1. The van der Waals surface area contributed by atoms with Crippen LogP contribution in [0, 0.1) is 0 Å². The highest BCUT2D eigenvalue weighted by molar-refractivity contribution is 6.42. The van der Waals surface area contributed by atoms with Crippen LogP contribution in [0.2, 0.25) is 20.1 Å². The first-order chi connectivity index (χ1) is 27.9. The van der Waals surface area contributed by atoms with Gasteiger partial charge in [-0.2, -0.15) is 10.2 Å². The first-order valence-electron chi connectivity index (χ1n) is 18.4. The zero-order chi connectivity index (χ0) is 40.5. The van der Waals surface area contributed by atoms with E-state index in [0.29, 0.717) is 100 Å². The number of hydrogen-bond acceptors (Lipinski definition) is 10. The van der Waals surface area contributed by atoms with Crippen molar-refractivity contribution >= 4 is 58.2 Å². The number of allylic oxidation sites excluding steroid dienone is 1. The van der Waals surface area contributed by atoms with Crippen LogP contribution in [0.3, 0.4) is 0 Å². The van der Waals surface area contributed by atoms with E-state index in [-0.39, 0.29) is 54.5 Å². The van der Waals surface area contributed by atoms with E-state index < -0.39 is 12.2 Å². The van der Waals surface area contributed by atoms with E-state index in [1.54, 1.807) is 52.2 Å². The molecule has 6 aromatic rings. The lowest BCUT2D eigenvalue weighted by molar-refractivity contribution is -0.0287. The van der Waals surface area contributed by atoms with Crippen LogP contribution >= 0.6 is 46.4 Å². The van der Waals surface area contributed by atoms with E-state index in [0.717, 1.165) is 45.0 Å². The van der Waals surface area contributed by atoms with E-state index >= 15 is 0 Å². The molecule has 0 saturated heterocycles. The number of carbonyl (C=O) groups excluding carboxylic acids is 2. The zero-order valence-corrected chi connectivity index (χ0v) is 33.7. The van der Waals surface area contributed by atoms with Crippen LogP contribution in [0.15, 0.2) is 70.1 Å². The fourth-order valence-electron chi connectivity index (χ4n) is 8.07. The van der Waals surface area contributed by atoms with Crippen LogP contribution in [0.1, 0.15) is 84.1 Å². The molecular formula is C44H50Cl4N8O6. The van der Waals surface area contributed by atoms with Crippen molar-refractivity contribution in [3.05, 3.63) is 126 Å². The van der Waals surface area contributed by atoms with Gasteiger partial charge in [-0.15, -0.1) is 0 Å². The summed E-state index contributed by atoms with van der Waals surface area (Å²) in [6, 6.07) is 9.78. The van der Waals surface area contributed by atoms with Gasteiger partial charge in [-0.1, -0.05) is 98.6 Å². The van der Waals surface area contributed by atoms with Gasteiger partial charge >= 0.3 is 0 Å². The van der Waals surface area contributed by atoms with E-state index in [2.05, 4.69) is 22.0 Å². The molecule has 2 aromatic carbocycles. The van der Waals surface area contributed by atoms with Crippen molar-refractivity contribution in [1.82, 2.24) is 39.7 Å². The van der Waals surface area contributed by atoms with Crippen molar-refractivity contribution in [2.45, 2.75) is 87.2 Å². The molecule has 4 aliphatic heterocycles. The fourth-order valence-corrected chi connectivity index (χ4v) is 8.67. The summed E-state index contributed by atoms with van der Waals surface area (Å²) in [5.41, 5.74) is 9.09. The Balaban J connectivity index is 0.000000220. The minimum Gasteiger partial charge on any atom is -0.393 e. The van der Waals surface area contributed by atoms with Gasteiger partial charge in [-0.25, -0.2) is 0 Å². The average Bonchev–Trinajstić information content (AvgIpc) is 3.98. The molecular weight excluding hydrogens is 878 g/mol. The minimum absolute atomic E-state index is 0. The van der Waals surface area contributed by atoms with Gasteiger partial charge in [0.15, 0.2) is 0 Å². The third kappa shape index (κ3) is 8.69. The summed E-state index contributed by atoms with van der Waals surface area (Å²) in [7, 11) is 0. The molecule has 1 unspecified atom stereocenters. The summed E-state index contributed by atoms with van der Waals surface area (Å²) in [6.45, 7) is 6.38. The molecule has 1 atom stereocenters. The Hall–Kier alpha value is -4.96. The van der Waals surface area contributed by atoms with E-state index in [1.165, 1.54) is 6.26 Å². The number of nitrogens with zero attached hydrogens (tertiary/aromatic N) is 8. The second kappa shape index (κ2) is 18.8. The smallest absolute Gasteiger partial charge is 0.254 e. The zero-order valence-electron chi connectivity index (χ0n) is 30.7. The second-order valence-electron chi connectivity index (χ2n) is 14.9. The van der Waals surface area contributed by atoms with Crippen molar-refractivity contribution in [2.24, 2.45) is 0 Å². The monoisotopic (exact) mass is 926 g/mol. The Bertz CT molecular complexity index is 2650. The number of benzene rings is 2. The molecule has 2 N–H and O–H groups in total. The number of rotatable bonds is 3. The topological polar surface area (TPSA) is 169 Å². The molecule has 2 amide bonds. The summed E-state index contributed by atoms with van der Waals surface area (Å²) in [5, 5.41) is 39.8. The summed E-state index contributed by atoms with van der Waals surface area (Å²) in [4.78, 5) is 29.6. The van der Waals surface area contributed by atoms with Gasteiger partial charge < -0.3 is 29.1 Å². The maximum absolute atomic E-state index is 13.1. The van der Waals surface area contributed by atoms with E-state index in [1.807, 2.05) is 9.58 Å². The predicted octanol–water partition coefficient (Wildman–Crippen LogP) is 9.02. The molecule has 0 bridgehead atoms. The Kier molecular flexibility index (Phi) is 14.6. The van der Waals surface area contributed by atoms with Gasteiger partial charge in [-0.05, 0) is 36.4 Å². The first-order valence-corrected chi connectivity index (χ1v) is 19.9. The van der Waals surface area contributed by atoms with Crippen molar-refractivity contribution in [3.63, 3.8) is 0 Å². The van der Waals surface area contributed by atoms with Gasteiger partial charge in [-0.3, -0.25) is 19.0 Å². The third-order valence-corrected chi connectivity index (χ3v) is 12.4. The molecule has 10 rings (SSSR count).